The van der Waals surface area contributed by atoms with Crippen LogP contribution in [-0.2, 0) is 47.7 Å². The highest BCUT2D eigenvalue weighted by Gasteiger charge is 2.24. The van der Waals surface area contributed by atoms with E-state index in [0.717, 1.165) is 116 Å². The smallest absolute Gasteiger partial charge is 0.362 e. The minimum absolute atomic E-state index is 0. The molecule has 0 aliphatic heterocycles. The molecule has 12 nitrogen and oxygen atoms in total. The predicted molar refractivity (Wildman–Crippen MR) is 221 cm³/mol. The zero-order valence-electron chi connectivity index (χ0n) is 37.5. The van der Waals surface area contributed by atoms with Crippen LogP contribution in [0.5, 0.6) is 0 Å². The van der Waals surface area contributed by atoms with Crippen LogP contribution in [0.3, 0.4) is 0 Å². The summed E-state index contributed by atoms with van der Waals surface area (Å²) >= 11 is 0. The number of ether oxygens (including phenoxy) is 5. The quantitative estimate of drug-likeness (QED) is 0.0301. The molecule has 342 valence electrons. The van der Waals surface area contributed by atoms with Crippen molar-refractivity contribution in [2.24, 2.45) is 0 Å². The Labute approximate surface area is 364 Å². The van der Waals surface area contributed by atoms with Gasteiger partial charge in [0, 0.05) is 26.7 Å². The Kier molecular flexibility index (Phi) is 40.0. The number of rotatable bonds is 37. The minimum Gasteiger partial charge on any atom is -1.00 e. The summed E-state index contributed by atoms with van der Waals surface area (Å²) in [7, 11) is 7.72. The Morgan fingerprint density at radius 3 is 1.47 bits per heavy atom. The molecule has 0 aliphatic rings. The topological polar surface area (TPSA) is 132 Å². The van der Waals surface area contributed by atoms with Gasteiger partial charge in [-0.2, -0.15) is 0 Å². The first-order valence-corrected chi connectivity index (χ1v) is 21.7. The first-order valence-electron chi connectivity index (χ1n) is 21.7. The van der Waals surface area contributed by atoms with Crippen LogP contribution in [-0.4, -0.2) is 126 Å². The molecule has 0 rings (SSSR count). The van der Waals surface area contributed by atoms with Crippen LogP contribution in [0.25, 0.3) is 0 Å². The van der Waals surface area contributed by atoms with Crippen molar-refractivity contribution in [2.45, 2.75) is 162 Å². The number of esters is 5. The van der Waals surface area contributed by atoms with Gasteiger partial charge in [-0.3, -0.25) is 14.4 Å². The van der Waals surface area contributed by atoms with Crippen LogP contribution in [0.15, 0.2) is 12.2 Å². The van der Waals surface area contributed by atoms with Gasteiger partial charge in [0.15, 0.2) is 13.1 Å². The highest BCUT2D eigenvalue weighted by molar-refractivity contribution is 5.71. The standard InChI is InChI=1S/C44H82N2O10.2ClH/c1-8-9-10-23-28-41(56-44(51)38-46(6,7)32-36-53-40(3)48)29-24-19-15-11-12-16-20-25-30-42(49)54-33-26-21-17-13-14-18-22-27-34-55-43(50)37-45(4,5)31-35-52-39(2)47;;/h19,24,41H,8-18,20-23,25-38H2,1-7H3;2*1H/q+2;;/p-2/b24-19-;;. The van der Waals surface area contributed by atoms with Gasteiger partial charge in [0.2, 0.25) is 0 Å². The van der Waals surface area contributed by atoms with Gasteiger partial charge in [0.25, 0.3) is 0 Å². The third-order valence-electron chi connectivity index (χ3n) is 9.68. The molecule has 0 amide bonds. The summed E-state index contributed by atoms with van der Waals surface area (Å²) in [6, 6.07) is 0. The number of hydrogen-bond acceptors (Lipinski definition) is 10. The molecule has 0 aromatic rings. The van der Waals surface area contributed by atoms with Gasteiger partial charge in [-0.1, -0.05) is 96.1 Å². The summed E-state index contributed by atoms with van der Waals surface area (Å²) < 4.78 is 27.5. The third kappa shape index (κ3) is 41.7. The molecule has 0 radical (unpaired) electrons. The van der Waals surface area contributed by atoms with Gasteiger partial charge in [0.1, 0.15) is 32.4 Å². The van der Waals surface area contributed by atoms with Crippen LogP contribution in [0.1, 0.15) is 156 Å². The molecular formula is C44H82Cl2N2O10. The van der Waals surface area contributed by atoms with Gasteiger partial charge in [-0.25, -0.2) is 9.59 Å². The van der Waals surface area contributed by atoms with Crippen molar-refractivity contribution in [2.75, 3.05) is 80.8 Å². The fourth-order valence-electron chi connectivity index (χ4n) is 6.16. The Bertz CT molecular complexity index is 1100. The van der Waals surface area contributed by atoms with E-state index >= 15 is 0 Å². The summed E-state index contributed by atoms with van der Waals surface area (Å²) in [4.78, 5) is 58.9. The molecule has 0 heterocycles. The molecule has 0 N–H and O–H groups in total. The predicted octanol–water partition coefficient (Wildman–Crippen LogP) is 2.04. The number of carbonyl (C=O) groups excluding carboxylic acids is 5. The number of quaternary nitrogens is 2. The number of allylic oxidation sites excluding steroid dienone is 1. The zero-order chi connectivity index (χ0) is 41.9. The van der Waals surface area contributed by atoms with Crippen molar-refractivity contribution in [3.8, 4) is 0 Å². The molecule has 0 saturated heterocycles. The molecule has 0 bridgehead atoms. The number of nitrogens with zero attached hydrogens (tertiary/aromatic N) is 2. The van der Waals surface area contributed by atoms with Gasteiger partial charge in [-0.15, -0.1) is 0 Å². The maximum absolute atomic E-state index is 12.7. The fourth-order valence-corrected chi connectivity index (χ4v) is 6.16. The highest BCUT2D eigenvalue weighted by Crippen LogP contribution is 2.15. The van der Waals surface area contributed by atoms with Crippen molar-refractivity contribution in [3.63, 3.8) is 0 Å². The van der Waals surface area contributed by atoms with Gasteiger partial charge in [0.05, 0.1) is 41.4 Å². The lowest BCUT2D eigenvalue weighted by molar-refractivity contribution is -0.883. The van der Waals surface area contributed by atoms with E-state index in [-0.39, 0.29) is 80.5 Å². The monoisotopic (exact) mass is 869 g/mol. The Hall–Kier alpha value is -2.41. The van der Waals surface area contributed by atoms with Crippen LogP contribution in [0.4, 0.5) is 0 Å². The van der Waals surface area contributed by atoms with Crippen LogP contribution < -0.4 is 24.8 Å². The average molecular weight is 870 g/mol. The number of hydrogen-bond donors (Lipinski definition) is 0. The van der Waals surface area contributed by atoms with E-state index in [0.29, 0.717) is 48.3 Å². The number of halogens is 2. The molecule has 1 atom stereocenters. The summed E-state index contributed by atoms with van der Waals surface area (Å²) in [6.07, 6.45) is 25.5. The molecule has 0 aliphatic carbocycles. The molecule has 0 aromatic heterocycles. The molecule has 0 fully saturated rings. The summed E-state index contributed by atoms with van der Waals surface area (Å²) in [5.74, 6) is -1.15. The SMILES string of the molecule is CCCCCCC(C/C=C\CCCCCCCC(=O)OCCCCCCCCCCOC(=O)C[N+](C)(C)CCOC(C)=O)OC(=O)C[N+](C)(C)CCOC(C)=O.[Cl-].[Cl-]. The fraction of sp³-hybridized carbons (Fsp3) is 0.841. The van der Waals surface area contributed by atoms with E-state index in [1.807, 2.05) is 28.2 Å². The van der Waals surface area contributed by atoms with E-state index in [1.54, 1.807) is 0 Å². The molecule has 0 saturated carbocycles. The second-order valence-corrected chi connectivity index (χ2v) is 16.6. The molecule has 1 unspecified atom stereocenters. The van der Waals surface area contributed by atoms with E-state index < -0.39 is 0 Å². The second-order valence-electron chi connectivity index (χ2n) is 16.6. The van der Waals surface area contributed by atoms with Crippen molar-refractivity contribution in [1.82, 2.24) is 0 Å². The molecule has 58 heavy (non-hydrogen) atoms. The number of carbonyl (C=O) groups is 5. The summed E-state index contributed by atoms with van der Waals surface area (Å²) in [5, 5.41) is 0. The van der Waals surface area contributed by atoms with Gasteiger partial charge < -0.3 is 57.5 Å². The highest BCUT2D eigenvalue weighted by atomic mass is 35.5. The first-order chi connectivity index (χ1) is 26.7. The van der Waals surface area contributed by atoms with Crippen molar-refractivity contribution in [3.05, 3.63) is 12.2 Å². The van der Waals surface area contributed by atoms with Crippen LogP contribution in [0, 0.1) is 0 Å². The summed E-state index contributed by atoms with van der Waals surface area (Å²) in [6.45, 7) is 8.08. The van der Waals surface area contributed by atoms with Crippen molar-refractivity contribution < 1.29 is 81.4 Å². The minimum atomic E-state index is -0.314. The van der Waals surface area contributed by atoms with E-state index in [9.17, 15) is 24.0 Å². The molecular weight excluding hydrogens is 787 g/mol. The Balaban J connectivity index is -0.0000151. The number of unbranched alkanes of at least 4 members (excludes halogenated alkanes) is 15. The van der Waals surface area contributed by atoms with E-state index in [1.165, 1.54) is 26.7 Å². The molecule has 0 aromatic carbocycles. The van der Waals surface area contributed by atoms with Crippen molar-refractivity contribution in [1.29, 1.82) is 0 Å². The molecule has 0 spiro atoms. The van der Waals surface area contributed by atoms with Crippen molar-refractivity contribution >= 4 is 29.8 Å². The number of likely N-dealkylation sites (N-methyl/N-ethyl adjacent to an activating group) is 2. The third-order valence-corrected chi connectivity index (χ3v) is 9.68. The van der Waals surface area contributed by atoms with Crippen LogP contribution >= 0.6 is 0 Å². The normalized spacial score (nSPS) is 11.9. The summed E-state index contributed by atoms with van der Waals surface area (Å²) in [5.41, 5.74) is 0. The zero-order valence-corrected chi connectivity index (χ0v) is 39.0. The van der Waals surface area contributed by atoms with E-state index in [4.69, 9.17) is 23.7 Å². The lowest BCUT2D eigenvalue weighted by Gasteiger charge is -2.29. The second kappa shape index (κ2) is 38.8. The maximum atomic E-state index is 12.7. The Morgan fingerprint density at radius 2 is 0.948 bits per heavy atom. The van der Waals surface area contributed by atoms with E-state index in [2.05, 4.69) is 19.1 Å². The average Bonchev–Trinajstić information content (AvgIpc) is 3.10. The first kappa shape index (κ1) is 59.9. The van der Waals surface area contributed by atoms with Gasteiger partial charge in [-0.05, 0) is 44.9 Å². The van der Waals surface area contributed by atoms with Crippen LogP contribution in [0.2, 0.25) is 0 Å². The Morgan fingerprint density at radius 1 is 0.500 bits per heavy atom. The lowest BCUT2D eigenvalue weighted by atomic mass is 10.1. The van der Waals surface area contributed by atoms with Gasteiger partial charge >= 0.3 is 29.8 Å². The largest absolute Gasteiger partial charge is 1.00 e. The molecule has 14 heteroatoms. The maximum Gasteiger partial charge on any atom is 0.362 e. The lowest BCUT2D eigenvalue weighted by Crippen LogP contribution is -3.00.